The van der Waals surface area contributed by atoms with Crippen molar-refractivity contribution in [1.82, 2.24) is 15.5 Å². The zero-order chi connectivity index (χ0) is 17.5. The summed E-state index contributed by atoms with van der Waals surface area (Å²) in [4.78, 5) is 15.5. The van der Waals surface area contributed by atoms with Crippen LogP contribution in [0.25, 0.3) is 0 Å². The molecule has 2 aliphatic heterocycles. The number of aryl methyl sites for hydroxylation is 1. The Bertz CT molecular complexity index is 553. The molecule has 0 spiro atoms. The van der Waals surface area contributed by atoms with E-state index in [1.165, 1.54) is 5.56 Å². The van der Waals surface area contributed by atoms with E-state index in [4.69, 9.17) is 4.74 Å². The molecule has 2 saturated heterocycles. The fourth-order valence-electron chi connectivity index (χ4n) is 3.85. The molecule has 0 bridgehead atoms. The van der Waals surface area contributed by atoms with Gasteiger partial charge in [0.05, 0.1) is 5.41 Å². The number of carbonyl (C=O) groups excluding carboxylic acids is 1. The van der Waals surface area contributed by atoms with Crippen molar-refractivity contribution < 1.29 is 9.53 Å². The van der Waals surface area contributed by atoms with Crippen LogP contribution in [-0.2, 0) is 14.9 Å². The Morgan fingerprint density at radius 2 is 1.85 bits per heavy atom. The highest BCUT2D eigenvalue weighted by Gasteiger charge is 2.41. The molecule has 5 nitrogen and oxygen atoms in total. The van der Waals surface area contributed by atoms with E-state index in [9.17, 15) is 4.79 Å². The molecule has 6 heteroatoms. The predicted molar refractivity (Wildman–Crippen MR) is 107 cm³/mol. The van der Waals surface area contributed by atoms with Crippen LogP contribution in [-0.4, -0.2) is 63.3 Å². The smallest absolute Gasteiger partial charge is 0.230 e. The molecule has 0 radical (unpaired) electrons. The van der Waals surface area contributed by atoms with Crippen molar-refractivity contribution in [1.29, 1.82) is 0 Å². The van der Waals surface area contributed by atoms with Gasteiger partial charge in [-0.1, -0.05) is 29.8 Å². The first-order valence-corrected chi connectivity index (χ1v) is 9.57. The van der Waals surface area contributed by atoms with Crippen molar-refractivity contribution in [3.63, 3.8) is 0 Å². The van der Waals surface area contributed by atoms with E-state index < -0.39 is 5.41 Å². The molecule has 0 aliphatic carbocycles. The summed E-state index contributed by atoms with van der Waals surface area (Å²) in [6.07, 6.45) is 2.53. The topological polar surface area (TPSA) is 53.6 Å². The van der Waals surface area contributed by atoms with Crippen molar-refractivity contribution in [3.05, 3.63) is 35.4 Å². The third-order valence-corrected chi connectivity index (χ3v) is 5.53. The fraction of sp³-hybridized carbons (Fsp3) is 0.650. The second-order valence-corrected chi connectivity index (χ2v) is 7.26. The van der Waals surface area contributed by atoms with Gasteiger partial charge in [0, 0.05) is 45.9 Å². The number of piperazine rings is 1. The molecule has 3 rings (SSSR count). The zero-order valence-electron chi connectivity index (χ0n) is 15.8. The summed E-state index contributed by atoms with van der Waals surface area (Å²) in [6, 6.07) is 8.43. The van der Waals surface area contributed by atoms with Crippen LogP contribution in [0.5, 0.6) is 0 Å². The van der Waals surface area contributed by atoms with Crippen LogP contribution in [0, 0.1) is 6.92 Å². The minimum Gasteiger partial charge on any atom is -0.381 e. The predicted octanol–water partition coefficient (Wildman–Crippen LogP) is 1.88. The average Bonchev–Trinajstić information content (AvgIpc) is 2.67. The lowest BCUT2D eigenvalue weighted by Gasteiger charge is -2.36. The maximum absolute atomic E-state index is 13.1. The summed E-state index contributed by atoms with van der Waals surface area (Å²) >= 11 is 0. The van der Waals surface area contributed by atoms with Crippen LogP contribution in [0.3, 0.4) is 0 Å². The SMILES string of the molecule is Cc1ccc(C2(C(=O)NCCCN3CCNCC3)CCOCC2)cc1.Cl. The number of ether oxygens (including phenoxy) is 1. The number of hydrogen-bond donors (Lipinski definition) is 2. The number of carbonyl (C=O) groups is 1. The summed E-state index contributed by atoms with van der Waals surface area (Å²) in [6.45, 7) is 9.56. The van der Waals surface area contributed by atoms with Crippen LogP contribution in [0.1, 0.15) is 30.4 Å². The highest BCUT2D eigenvalue weighted by Crippen LogP contribution is 2.35. The Morgan fingerprint density at radius 1 is 1.19 bits per heavy atom. The highest BCUT2D eigenvalue weighted by atomic mass is 35.5. The van der Waals surface area contributed by atoms with Crippen LogP contribution in [0.15, 0.2) is 24.3 Å². The molecule has 0 aromatic heterocycles. The highest BCUT2D eigenvalue weighted by molar-refractivity contribution is 5.88. The van der Waals surface area contributed by atoms with Crippen LogP contribution in [0.4, 0.5) is 0 Å². The monoisotopic (exact) mass is 381 g/mol. The third kappa shape index (κ3) is 5.19. The van der Waals surface area contributed by atoms with Crippen molar-refractivity contribution in [2.24, 2.45) is 0 Å². The van der Waals surface area contributed by atoms with Gasteiger partial charge in [0.2, 0.25) is 5.91 Å². The average molecular weight is 382 g/mol. The van der Waals surface area contributed by atoms with E-state index in [1.807, 2.05) is 0 Å². The van der Waals surface area contributed by atoms with Gasteiger partial charge in [0.25, 0.3) is 0 Å². The van der Waals surface area contributed by atoms with Crippen molar-refractivity contribution in [2.75, 3.05) is 52.5 Å². The first-order chi connectivity index (χ1) is 12.2. The summed E-state index contributed by atoms with van der Waals surface area (Å²) in [7, 11) is 0. The molecule has 146 valence electrons. The summed E-state index contributed by atoms with van der Waals surface area (Å²) in [5.74, 6) is 0.167. The molecular formula is C20H32ClN3O2. The first-order valence-electron chi connectivity index (χ1n) is 9.57. The van der Waals surface area contributed by atoms with Gasteiger partial charge in [-0.3, -0.25) is 4.79 Å². The molecule has 2 aliphatic rings. The van der Waals surface area contributed by atoms with E-state index >= 15 is 0 Å². The molecule has 1 aromatic rings. The Morgan fingerprint density at radius 3 is 2.50 bits per heavy atom. The number of halogens is 1. The fourth-order valence-corrected chi connectivity index (χ4v) is 3.85. The van der Waals surface area contributed by atoms with Gasteiger partial charge >= 0.3 is 0 Å². The number of nitrogens with zero attached hydrogens (tertiary/aromatic N) is 1. The van der Waals surface area contributed by atoms with Gasteiger partial charge in [-0.05, 0) is 38.3 Å². The van der Waals surface area contributed by atoms with E-state index in [1.54, 1.807) is 0 Å². The van der Waals surface area contributed by atoms with E-state index in [0.717, 1.165) is 64.1 Å². The molecule has 0 unspecified atom stereocenters. The van der Waals surface area contributed by atoms with Crippen LogP contribution in [0.2, 0.25) is 0 Å². The molecule has 1 amide bonds. The minimum absolute atomic E-state index is 0. The van der Waals surface area contributed by atoms with E-state index in [2.05, 4.69) is 46.7 Å². The number of rotatable bonds is 6. The third-order valence-electron chi connectivity index (χ3n) is 5.53. The Labute approximate surface area is 163 Å². The van der Waals surface area contributed by atoms with Gasteiger partial charge in [-0.25, -0.2) is 0 Å². The quantitative estimate of drug-likeness (QED) is 0.739. The van der Waals surface area contributed by atoms with Gasteiger partial charge in [-0.15, -0.1) is 12.4 Å². The molecule has 0 saturated carbocycles. The molecule has 2 heterocycles. The number of nitrogens with one attached hydrogen (secondary N) is 2. The van der Waals surface area contributed by atoms with Gasteiger partial charge in [-0.2, -0.15) is 0 Å². The molecule has 26 heavy (non-hydrogen) atoms. The molecule has 1 aromatic carbocycles. The van der Waals surface area contributed by atoms with Crippen LogP contribution < -0.4 is 10.6 Å². The Kier molecular flexibility index (Phi) is 8.35. The lowest BCUT2D eigenvalue weighted by Crippen LogP contribution is -2.49. The van der Waals surface area contributed by atoms with E-state index in [-0.39, 0.29) is 18.3 Å². The van der Waals surface area contributed by atoms with Crippen molar-refractivity contribution in [3.8, 4) is 0 Å². The maximum Gasteiger partial charge on any atom is 0.230 e. The maximum atomic E-state index is 13.1. The summed E-state index contributed by atoms with van der Waals surface area (Å²) in [5, 5.41) is 6.58. The van der Waals surface area contributed by atoms with Crippen LogP contribution >= 0.6 is 12.4 Å². The largest absolute Gasteiger partial charge is 0.381 e. The Hall–Kier alpha value is -1.14. The van der Waals surface area contributed by atoms with Crippen molar-refractivity contribution in [2.45, 2.75) is 31.6 Å². The van der Waals surface area contributed by atoms with Crippen molar-refractivity contribution >= 4 is 18.3 Å². The first kappa shape index (κ1) is 21.2. The molecular weight excluding hydrogens is 350 g/mol. The number of benzene rings is 1. The number of hydrogen-bond acceptors (Lipinski definition) is 4. The lowest BCUT2D eigenvalue weighted by molar-refractivity contribution is -0.130. The summed E-state index contributed by atoms with van der Waals surface area (Å²) < 4.78 is 5.53. The number of amides is 1. The summed E-state index contributed by atoms with van der Waals surface area (Å²) in [5.41, 5.74) is 1.92. The lowest BCUT2D eigenvalue weighted by atomic mass is 9.73. The van der Waals surface area contributed by atoms with Gasteiger partial charge in [0.15, 0.2) is 0 Å². The van der Waals surface area contributed by atoms with Gasteiger partial charge in [0.1, 0.15) is 0 Å². The second-order valence-electron chi connectivity index (χ2n) is 7.26. The molecule has 2 N–H and O–H groups in total. The van der Waals surface area contributed by atoms with Gasteiger partial charge < -0.3 is 20.3 Å². The standard InChI is InChI=1S/C20H31N3O2.ClH/c1-17-3-5-18(6-4-17)20(7-15-25-16-8-20)19(24)22-9-2-12-23-13-10-21-11-14-23;/h3-6,21H,2,7-16H2,1H3,(H,22,24);1H. The van der Waals surface area contributed by atoms with E-state index in [0.29, 0.717) is 13.2 Å². The molecule has 0 atom stereocenters. The zero-order valence-corrected chi connectivity index (χ0v) is 16.6. The second kappa shape index (κ2) is 10.3. The molecule has 2 fully saturated rings. The minimum atomic E-state index is -0.430. The normalized spacial score (nSPS) is 20.2. The Balaban J connectivity index is 0.00000243.